The van der Waals surface area contributed by atoms with Crippen molar-refractivity contribution in [2.75, 3.05) is 11.4 Å². The van der Waals surface area contributed by atoms with Crippen LogP contribution in [0.2, 0.25) is 0 Å². The number of rotatable bonds is 6. The Bertz CT molecular complexity index is 1220. The van der Waals surface area contributed by atoms with Gasteiger partial charge in [0.15, 0.2) is 5.65 Å². The van der Waals surface area contributed by atoms with E-state index in [4.69, 9.17) is 17.0 Å². The molecule has 0 unspecified atom stereocenters. The van der Waals surface area contributed by atoms with Crippen molar-refractivity contribution in [3.8, 4) is 22.5 Å². The van der Waals surface area contributed by atoms with Gasteiger partial charge in [-0.25, -0.2) is 9.50 Å². The second-order valence-corrected chi connectivity index (χ2v) is 9.06. The molecule has 1 saturated carbocycles. The topological polar surface area (TPSA) is 33.4 Å². The smallest absolute Gasteiger partial charge is 0.177 e. The van der Waals surface area contributed by atoms with Crippen LogP contribution < -0.4 is 4.90 Å². The lowest BCUT2D eigenvalue weighted by molar-refractivity contribution is 0.607. The minimum absolute atomic E-state index is 0.572. The minimum Gasteiger partial charge on any atom is -0.365 e. The van der Waals surface area contributed by atoms with Crippen LogP contribution in [0.4, 0.5) is 5.69 Å². The lowest BCUT2D eigenvalue weighted by atomic mass is 10.1. The van der Waals surface area contributed by atoms with Gasteiger partial charge in [-0.2, -0.15) is 5.10 Å². The third kappa shape index (κ3) is 3.95. The molecule has 0 atom stereocenters. The highest BCUT2D eigenvalue weighted by Crippen LogP contribution is 2.37. The summed E-state index contributed by atoms with van der Waals surface area (Å²) in [6, 6.07) is 19.3. The van der Waals surface area contributed by atoms with Crippen molar-refractivity contribution in [3.63, 3.8) is 0 Å². The van der Waals surface area contributed by atoms with Crippen LogP contribution in [0.25, 0.3) is 28.2 Å². The standard InChI is InChI=1S/C27H28N4/c1-18(2)17-30(23-12-13-23)25-15-24(22-7-5-6-20(4)14-22)29-31-26(16-28-27(25)31)21-10-8-19(3)9-11-21/h3,5-11,14-16,18,23H,12-13,17H2,1-2,4H3. The predicted molar refractivity (Wildman–Crippen MR) is 127 cm³/mol. The van der Waals surface area contributed by atoms with Crippen LogP contribution in [-0.4, -0.2) is 27.2 Å². The normalized spacial score (nSPS) is 13.8. The SMILES string of the molecule is [CH]c1ccc(-c2cnc3c(N(CC(C)C)C4CC4)cc(-c4cccc(C)c4)nn23)cc1. The van der Waals surface area contributed by atoms with E-state index in [1.807, 2.05) is 35.0 Å². The summed E-state index contributed by atoms with van der Waals surface area (Å²) < 4.78 is 2.01. The number of aryl methyl sites for hydroxylation is 1. The van der Waals surface area contributed by atoms with Gasteiger partial charge in [0.1, 0.15) is 0 Å². The Morgan fingerprint density at radius 2 is 1.84 bits per heavy atom. The first kappa shape index (κ1) is 19.8. The first-order valence-corrected chi connectivity index (χ1v) is 11.1. The molecule has 2 aromatic carbocycles. The van der Waals surface area contributed by atoms with Crippen molar-refractivity contribution in [3.05, 3.63) is 78.8 Å². The molecule has 2 heterocycles. The summed E-state index contributed by atoms with van der Waals surface area (Å²) in [5, 5.41) is 5.04. The Hall–Kier alpha value is -3.14. The van der Waals surface area contributed by atoms with Gasteiger partial charge in [0.05, 0.1) is 23.3 Å². The molecular weight excluding hydrogens is 380 g/mol. The van der Waals surface area contributed by atoms with Gasteiger partial charge in [-0.05, 0) is 50.3 Å². The van der Waals surface area contributed by atoms with Crippen LogP contribution in [-0.2, 0) is 0 Å². The largest absolute Gasteiger partial charge is 0.365 e. The molecule has 5 rings (SSSR count). The van der Waals surface area contributed by atoms with E-state index < -0.39 is 0 Å². The Morgan fingerprint density at radius 1 is 1.06 bits per heavy atom. The number of hydrogen-bond donors (Lipinski definition) is 0. The molecule has 4 heteroatoms. The molecular formula is C27H28N4. The molecule has 1 aliphatic carbocycles. The number of aromatic nitrogens is 3. The molecule has 31 heavy (non-hydrogen) atoms. The maximum atomic E-state index is 5.91. The summed E-state index contributed by atoms with van der Waals surface area (Å²) in [6.07, 6.45) is 4.41. The third-order valence-corrected chi connectivity index (χ3v) is 5.83. The van der Waals surface area contributed by atoms with Gasteiger partial charge in [0.25, 0.3) is 0 Å². The molecule has 2 aromatic heterocycles. The maximum Gasteiger partial charge on any atom is 0.177 e. The molecule has 4 aromatic rings. The number of hydrogen-bond acceptors (Lipinski definition) is 3. The number of anilines is 1. The summed E-state index contributed by atoms with van der Waals surface area (Å²) in [7, 11) is 0. The van der Waals surface area contributed by atoms with Gasteiger partial charge in [-0.3, -0.25) is 0 Å². The van der Waals surface area contributed by atoms with Crippen LogP contribution in [0.15, 0.2) is 60.8 Å². The quantitative estimate of drug-likeness (QED) is 0.389. The number of fused-ring (bicyclic) bond motifs is 1. The highest BCUT2D eigenvalue weighted by atomic mass is 15.3. The summed E-state index contributed by atoms with van der Waals surface area (Å²) in [6.45, 7) is 13.6. The van der Waals surface area contributed by atoms with Crippen LogP contribution in [0.3, 0.4) is 0 Å². The van der Waals surface area contributed by atoms with E-state index >= 15 is 0 Å². The fourth-order valence-corrected chi connectivity index (χ4v) is 4.18. The van der Waals surface area contributed by atoms with E-state index in [0.29, 0.717) is 12.0 Å². The lowest BCUT2D eigenvalue weighted by Crippen LogP contribution is -2.30. The Kier molecular flexibility index (Phi) is 5.01. The summed E-state index contributed by atoms with van der Waals surface area (Å²) >= 11 is 0. The van der Waals surface area contributed by atoms with Crippen molar-refractivity contribution in [2.24, 2.45) is 5.92 Å². The fourth-order valence-electron chi connectivity index (χ4n) is 4.18. The molecule has 0 bridgehead atoms. The van der Waals surface area contributed by atoms with Crippen LogP contribution in [0.1, 0.15) is 37.8 Å². The Labute approximate surface area is 184 Å². The van der Waals surface area contributed by atoms with E-state index in [1.165, 1.54) is 24.1 Å². The zero-order valence-electron chi connectivity index (χ0n) is 18.4. The predicted octanol–water partition coefficient (Wildman–Crippen LogP) is 6.06. The third-order valence-electron chi connectivity index (χ3n) is 5.83. The average Bonchev–Trinajstić information content (AvgIpc) is 3.51. The minimum atomic E-state index is 0.572. The number of imidazole rings is 1. The fraction of sp³-hybridized carbons (Fsp3) is 0.296. The molecule has 0 amide bonds. The summed E-state index contributed by atoms with van der Waals surface area (Å²) in [5.74, 6) is 0.572. The van der Waals surface area contributed by atoms with Crippen LogP contribution in [0, 0.1) is 19.8 Å². The first-order valence-electron chi connectivity index (χ1n) is 11.1. The van der Waals surface area contributed by atoms with Crippen molar-refractivity contribution in [1.29, 1.82) is 0 Å². The van der Waals surface area contributed by atoms with Gasteiger partial charge >= 0.3 is 0 Å². The van der Waals surface area contributed by atoms with Crippen LogP contribution >= 0.6 is 0 Å². The van der Waals surface area contributed by atoms with E-state index in [0.717, 1.165) is 40.3 Å². The highest BCUT2D eigenvalue weighted by Gasteiger charge is 2.32. The van der Waals surface area contributed by atoms with Crippen molar-refractivity contribution in [2.45, 2.75) is 39.7 Å². The molecule has 156 valence electrons. The second kappa shape index (κ2) is 7.84. The zero-order valence-corrected chi connectivity index (χ0v) is 18.4. The molecule has 2 radical (unpaired) electrons. The maximum absolute atomic E-state index is 5.91. The lowest BCUT2D eigenvalue weighted by Gasteiger charge is -2.27. The van der Waals surface area contributed by atoms with E-state index in [1.54, 1.807) is 0 Å². The van der Waals surface area contributed by atoms with E-state index in [-0.39, 0.29) is 0 Å². The van der Waals surface area contributed by atoms with Crippen molar-refractivity contribution >= 4 is 11.3 Å². The summed E-state index contributed by atoms with van der Waals surface area (Å²) in [4.78, 5) is 7.38. The molecule has 1 aliphatic rings. The number of nitrogens with zero attached hydrogens (tertiary/aromatic N) is 4. The molecule has 1 fully saturated rings. The Morgan fingerprint density at radius 3 is 2.52 bits per heavy atom. The number of benzene rings is 2. The van der Waals surface area contributed by atoms with Crippen molar-refractivity contribution < 1.29 is 0 Å². The summed E-state index contributed by atoms with van der Waals surface area (Å²) in [5.41, 5.74) is 8.19. The molecule has 0 saturated heterocycles. The first-order chi connectivity index (χ1) is 15.0. The van der Waals surface area contributed by atoms with Gasteiger partial charge in [0, 0.05) is 23.7 Å². The molecule has 0 N–H and O–H groups in total. The zero-order chi connectivity index (χ0) is 21.5. The van der Waals surface area contributed by atoms with Crippen LogP contribution in [0.5, 0.6) is 0 Å². The average molecular weight is 409 g/mol. The van der Waals surface area contributed by atoms with Gasteiger partial charge in [0.2, 0.25) is 0 Å². The molecule has 4 nitrogen and oxygen atoms in total. The van der Waals surface area contributed by atoms with Gasteiger partial charge in [-0.15, -0.1) is 0 Å². The monoisotopic (exact) mass is 408 g/mol. The van der Waals surface area contributed by atoms with E-state index in [9.17, 15) is 0 Å². The Balaban J connectivity index is 1.73. The highest BCUT2D eigenvalue weighted by molar-refractivity contribution is 5.78. The van der Waals surface area contributed by atoms with E-state index in [2.05, 4.69) is 56.0 Å². The molecule has 0 aliphatic heterocycles. The second-order valence-electron chi connectivity index (χ2n) is 9.06. The van der Waals surface area contributed by atoms with Gasteiger partial charge < -0.3 is 4.90 Å². The molecule has 0 spiro atoms. The van der Waals surface area contributed by atoms with Gasteiger partial charge in [-0.1, -0.05) is 61.9 Å². The van der Waals surface area contributed by atoms with Crippen molar-refractivity contribution in [1.82, 2.24) is 14.6 Å².